The van der Waals surface area contributed by atoms with E-state index in [1.807, 2.05) is 0 Å². The first-order chi connectivity index (χ1) is 7.58. The summed E-state index contributed by atoms with van der Waals surface area (Å²) >= 11 is 4.67. The molecule has 1 saturated carbocycles. The van der Waals surface area contributed by atoms with Crippen LogP contribution in [0.4, 0.5) is 4.39 Å². The highest BCUT2D eigenvalue weighted by Gasteiger charge is 2.34. The van der Waals surface area contributed by atoms with Crippen LogP contribution in [0.2, 0.25) is 0 Å². The summed E-state index contributed by atoms with van der Waals surface area (Å²) in [5.74, 6) is 0.126. The van der Waals surface area contributed by atoms with Gasteiger partial charge in [-0.2, -0.15) is 0 Å². The highest BCUT2D eigenvalue weighted by Crippen LogP contribution is 2.39. The van der Waals surface area contributed by atoms with Crippen LogP contribution in [0.5, 0.6) is 0 Å². The van der Waals surface area contributed by atoms with Gasteiger partial charge in [0, 0.05) is 0 Å². The van der Waals surface area contributed by atoms with Crippen LogP contribution in [0, 0.1) is 5.82 Å². The van der Waals surface area contributed by atoms with Crippen LogP contribution in [0.1, 0.15) is 24.3 Å². The smallest absolute Gasteiger partial charge is 0.190 e. The van der Waals surface area contributed by atoms with Crippen molar-refractivity contribution in [2.24, 2.45) is 5.73 Å². The molecule has 0 atom stereocenters. The van der Waals surface area contributed by atoms with Gasteiger partial charge in [0.25, 0.3) is 0 Å². The van der Waals surface area contributed by atoms with Gasteiger partial charge >= 0.3 is 0 Å². The van der Waals surface area contributed by atoms with Crippen molar-refractivity contribution >= 4 is 17.3 Å². The van der Waals surface area contributed by atoms with Gasteiger partial charge in [-0.15, -0.1) is 0 Å². The summed E-state index contributed by atoms with van der Waals surface area (Å²) in [4.78, 5) is 0. The highest BCUT2D eigenvalue weighted by molar-refractivity contribution is 7.80. The van der Waals surface area contributed by atoms with Gasteiger partial charge < -0.3 is 5.73 Å². The number of nitrogens with two attached hydrogens (primary N) is 1. The first kappa shape index (κ1) is 11.3. The van der Waals surface area contributed by atoms with Crippen molar-refractivity contribution in [1.29, 1.82) is 0 Å². The predicted octanol–water partition coefficient (Wildman–Crippen LogP) is 2.01. The normalized spacial score (nSPS) is 23.6. The maximum atomic E-state index is 12.7. The average molecular weight is 240 g/mol. The quantitative estimate of drug-likeness (QED) is 0.613. The van der Waals surface area contributed by atoms with E-state index in [2.05, 4.69) is 12.2 Å². The Bertz CT molecular complexity index is 389. The van der Waals surface area contributed by atoms with Crippen molar-refractivity contribution in [2.45, 2.75) is 24.8 Å². The van der Waals surface area contributed by atoms with Crippen LogP contribution in [-0.2, 0) is 0 Å². The van der Waals surface area contributed by atoms with E-state index < -0.39 is 0 Å². The van der Waals surface area contributed by atoms with Gasteiger partial charge in [0.1, 0.15) is 5.82 Å². The molecule has 1 fully saturated rings. The lowest BCUT2D eigenvalue weighted by Gasteiger charge is -2.39. The fourth-order valence-electron chi connectivity index (χ4n) is 1.97. The zero-order valence-electron chi connectivity index (χ0n) is 8.64. The first-order valence-corrected chi connectivity index (χ1v) is 5.51. The molecule has 2 rings (SSSR count). The molecule has 0 bridgehead atoms. The number of hydroxylamine groups is 2. The molecule has 86 valence electrons. The Balaban J connectivity index is 1.93. The van der Waals surface area contributed by atoms with Gasteiger partial charge in [-0.25, -0.2) is 9.45 Å². The van der Waals surface area contributed by atoms with E-state index in [1.165, 1.54) is 12.1 Å². The van der Waals surface area contributed by atoms with Crippen molar-refractivity contribution < 1.29 is 9.60 Å². The third-order valence-electron chi connectivity index (χ3n) is 3.03. The SMILES string of the molecule is NC(=S)N(O)C1CC(c2ccc(F)cc2)C1. The average Bonchev–Trinajstić information content (AvgIpc) is 2.18. The lowest BCUT2D eigenvalue weighted by atomic mass is 9.76. The molecule has 0 saturated heterocycles. The second-order valence-electron chi connectivity index (χ2n) is 4.06. The first-order valence-electron chi connectivity index (χ1n) is 5.11. The Morgan fingerprint density at radius 2 is 1.94 bits per heavy atom. The molecule has 0 heterocycles. The summed E-state index contributed by atoms with van der Waals surface area (Å²) in [6, 6.07) is 6.45. The van der Waals surface area contributed by atoms with E-state index in [4.69, 9.17) is 5.73 Å². The van der Waals surface area contributed by atoms with E-state index in [0.717, 1.165) is 23.5 Å². The van der Waals surface area contributed by atoms with Crippen molar-refractivity contribution in [3.05, 3.63) is 35.6 Å². The monoisotopic (exact) mass is 240 g/mol. The Labute approximate surface area is 98.6 Å². The minimum atomic E-state index is -0.230. The fraction of sp³-hybridized carbons (Fsp3) is 0.364. The molecule has 16 heavy (non-hydrogen) atoms. The topological polar surface area (TPSA) is 49.5 Å². The number of rotatable bonds is 2. The number of thiocarbonyl (C=S) groups is 1. The van der Waals surface area contributed by atoms with E-state index in [-0.39, 0.29) is 17.0 Å². The molecule has 3 N–H and O–H groups in total. The Morgan fingerprint density at radius 3 is 2.44 bits per heavy atom. The second kappa shape index (κ2) is 4.35. The molecule has 5 heteroatoms. The van der Waals surface area contributed by atoms with E-state index >= 15 is 0 Å². The molecule has 1 aliphatic carbocycles. The third-order valence-corrected chi connectivity index (χ3v) is 3.21. The van der Waals surface area contributed by atoms with Crippen LogP contribution in [0.15, 0.2) is 24.3 Å². The van der Waals surface area contributed by atoms with Crippen LogP contribution >= 0.6 is 12.2 Å². The van der Waals surface area contributed by atoms with Gasteiger partial charge in [0.2, 0.25) is 0 Å². The minimum Gasteiger partial charge on any atom is -0.374 e. The molecular weight excluding hydrogens is 227 g/mol. The predicted molar refractivity (Wildman–Crippen MR) is 62.6 cm³/mol. The van der Waals surface area contributed by atoms with Gasteiger partial charge in [-0.3, -0.25) is 5.21 Å². The maximum absolute atomic E-state index is 12.7. The van der Waals surface area contributed by atoms with Gasteiger partial charge in [-0.05, 0) is 48.7 Å². The molecule has 0 aromatic heterocycles. The maximum Gasteiger partial charge on any atom is 0.190 e. The summed E-state index contributed by atoms with van der Waals surface area (Å²) in [6.45, 7) is 0. The molecule has 3 nitrogen and oxygen atoms in total. The lowest BCUT2D eigenvalue weighted by molar-refractivity contribution is -0.0823. The Hall–Kier alpha value is -1.20. The van der Waals surface area contributed by atoms with Crippen molar-refractivity contribution in [2.75, 3.05) is 0 Å². The summed E-state index contributed by atoms with van der Waals surface area (Å²) in [7, 11) is 0. The Morgan fingerprint density at radius 1 is 1.38 bits per heavy atom. The summed E-state index contributed by atoms with van der Waals surface area (Å²) < 4.78 is 12.7. The molecule has 1 aliphatic rings. The molecule has 1 aromatic rings. The van der Waals surface area contributed by atoms with Crippen LogP contribution < -0.4 is 5.73 Å². The van der Waals surface area contributed by atoms with Crippen LogP contribution in [-0.4, -0.2) is 21.4 Å². The summed E-state index contributed by atoms with van der Waals surface area (Å²) in [5.41, 5.74) is 6.40. The van der Waals surface area contributed by atoms with Crippen molar-refractivity contribution in [1.82, 2.24) is 5.06 Å². The van der Waals surface area contributed by atoms with Gasteiger partial charge in [0.05, 0.1) is 6.04 Å². The standard InChI is InChI=1S/C11H13FN2OS/c12-9-3-1-7(2-4-9)8-5-10(6-8)14(15)11(13)16/h1-4,8,10,15H,5-6H2,(H2,13,16). The van der Waals surface area contributed by atoms with Crippen molar-refractivity contribution in [3.8, 4) is 0 Å². The van der Waals surface area contributed by atoms with E-state index in [0.29, 0.717) is 5.92 Å². The molecule has 0 aliphatic heterocycles. The molecule has 0 unspecified atom stereocenters. The van der Waals surface area contributed by atoms with Crippen molar-refractivity contribution in [3.63, 3.8) is 0 Å². The molecule has 0 radical (unpaired) electrons. The molecule has 0 amide bonds. The minimum absolute atomic E-state index is 0.00237. The fourth-order valence-corrected chi connectivity index (χ4v) is 2.12. The van der Waals surface area contributed by atoms with Gasteiger partial charge in [0.15, 0.2) is 5.11 Å². The number of hydrogen-bond donors (Lipinski definition) is 2. The third kappa shape index (κ3) is 2.15. The zero-order valence-corrected chi connectivity index (χ0v) is 9.45. The lowest BCUT2D eigenvalue weighted by Crippen LogP contribution is -2.47. The summed E-state index contributed by atoms with van der Waals surface area (Å²) in [6.07, 6.45) is 1.58. The Kier molecular flexibility index (Phi) is 3.07. The number of benzene rings is 1. The number of halogens is 1. The van der Waals surface area contributed by atoms with Crippen LogP contribution in [0.3, 0.4) is 0 Å². The summed E-state index contributed by atoms with van der Waals surface area (Å²) in [5, 5.41) is 10.4. The molecule has 1 aromatic carbocycles. The van der Waals surface area contributed by atoms with Gasteiger partial charge in [-0.1, -0.05) is 12.1 Å². The number of nitrogens with zero attached hydrogens (tertiary/aromatic N) is 1. The number of hydrogen-bond acceptors (Lipinski definition) is 2. The zero-order chi connectivity index (χ0) is 11.7. The largest absolute Gasteiger partial charge is 0.374 e. The highest BCUT2D eigenvalue weighted by atomic mass is 32.1. The van der Waals surface area contributed by atoms with E-state index in [9.17, 15) is 9.60 Å². The molecule has 0 spiro atoms. The second-order valence-corrected chi connectivity index (χ2v) is 4.47. The molecular formula is C11H13FN2OS. The van der Waals surface area contributed by atoms with E-state index in [1.54, 1.807) is 12.1 Å². The van der Waals surface area contributed by atoms with Crippen LogP contribution in [0.25, 0.3) is 0 Å².